The quantitative estimate of drug-likeness (QED) is 0.920. The summed E-state index contributed by atoms with van der Waals surface area (Å²) in [6.07, 6.45) is 5.09. The fraction of sp³-hybridized carbons (Fsp3) is 0.625. The summed E-state index contributed by atoms with van der Waals surface area (Å²) < 4.78 is 7.23. The van der Waals surface area contributed by atoms with Crippen LogP contribution in [0.25, 0.3) is 0 Å². The SMILES string of the molecule is CC1CCCC(CN)N1CC1Cc2cc(Br)ccc2O1. The number of hydrogen-bond donors (Lipinski definition) is 1. The van der Waals surface area contributed by atoms with Crippen LogP contribution >= 0.6 is 15.9 Å². The Hall–Kier alpha value is -0.580. The number of nitrogens with zero attached hydrogens (tertiary/aromatic N) is 1. The number of benzene rings is 1. The van der Waals surface area contributed by atoms with Gasteiger partial charge in [0.05, 0.1) is 0 Å². The molecule has 20 heavy (non-hydrogen) atoms. The molecule has 0 radical (unpaired) electrons. The molecule has 2 aliphatic heterocycles. The highest BCUT2D eigenvalue weighted by molar-refractivity contribution is 9.10. The van der Waals surface area contributed by atoms with Gasteiger partial charge in [0.25, 0.3) is 0 Å². The van der Waals surface area contributed by atoms with E-state index in [-0.39, 0.29) is 6.10 Å². The van der Waals surface area contributed by atoms with Crippen LogP contribution in [0, 0.1) is 0 Å². The van der Waals surface area contributed by atoms with Gasteiger partial charge < -0.3 is 10.5 Å². The molecule has 3 rings (SSSR count). The number of hydrogen-bond acceptors (Lipinski definition) is 3. The van der Waals surface area contributed by atoms with Crippen molar-refractivity contribution in [3.63, 3.8) is 0 Å². The third-order valence-electron chi connectivity index (χ3n) is 4.64. The molecule has 110 valence electrons. The molecule has 2 N–H and O–H groups in total. The molecule has 3 atom stereocenters. The molecule has 0 aromatic heterocycles. The highest BCUT2D eigenvalue weighted by atomic mass is 79.9. The van der Waals surface area contributed by atoms with Crippen LogP contribution in [0.15, 0.2) is 22.7 Å². The van der Waals surface area contributed by atoms with Crippen molar-refractivity contribution < 1.29 is 4.74 Å². The summed E-state index contributed by atoms with van der Waals surface area (Å²) in [5, 5.41) is 0. The first-order valence-electron chi connectivity index (χ1n) is 7.58. The Morgan fingerprint density at radius 3 is 3.05 bits per heavy atom. The topological polar surface area (TPSA) is 38.5 Å². The molecule has 0 amide bonds. The zero-order chi connectivity index (χ0) is 14.1. The molecule has 1 fully saturated rings. The zero-order valence-corrected chi connectivity index (χ0v) is 13.6. The average Bonchev–Trinajstić information content (AvgIpc) is 2.82. The summed E-state index contributed by atoms with van der Waals surface area (Å²) >= 11 is 3.53. The van der Waals surface area contributed by atoms with Gasteiger partial charge in [0.2, 0.25) is 0 Å². The van der Waals surface area contributed by atoms with Crippen molar-refractivity contribution in [2.45, 2.75) is 50.8 Å². The van der Waals surface area contributed by atoms with Crippen molar-refractivity contribution in [1.29, 1.82) is 0 Å². The molecule has 0 bridgehead atoms. The minimum Gasteiger partial charge on any atom is -0.488 e. The van der Waals surface area contributed by atoms with Crippen LogP contribution in [-0.4, -0.2) is 36.2 Å². The van der Waals surface area contributed by atoms with Gasteiger partial charge in [-0.25, -0.2) is 0 Å². The predicted molar refractivity (Wildman–Crippen MR) is 85.1 cm³/mol. The minimum atomic E-state index is 0.272. The van der Waals surface area contributed by atoms with E-state index in [4.69, 9.17) is 10.5 Å². The Morgan fingerprint density at radius 1 is 1.40 bits per heavy atom. The maximum atomic E-state index is 6.10. The minimum absolute atomic E-state index is 0.272. The lowest BCUT2D eigenvalue weighted by molar-refractivity contribution is 0.0551. The third kappa shape index (κ3) is 2.87. The van der Waals surface area contributed by atoms with Crippen LogP contribution in [0.5, 0.6) is 5.75 Å². The molecule has 0 saturated carbocycles. The van der Waals surface area contributed by atoms with Crippen LogP contribution in [0.3, 0.4) is 0 Å². The van der Waals surface area contributed by atoms with Gasteiger partial charge in [0, 0.05) is 36.1 Å². The average molecular weight is 339 g/mol. The van der Waals surface area contributed by atoms with Crippen molar-refractivity contribution in [3.8, 4) is 5.75 Å². The van der Waals surface area contributed by atoms with Crippen LogP contribution < -0.4 is 10.5 Å². The highest BCUT2D eigenvalue weighted by Gasteiger charge is 2.32. The molecular formula is C16H23BrN2O. The fourth-order valence-corrected chi connectivity index (χ4v) is 3.96. The van der Waals surface area contributed by atoms with Crippen molar-refractivity contribution in [3.05, 3.63) is 28.2 Å². The normalized spacial score (nSPS) is 30.1. The van der Waals surface area contributed by atoms with Crippen molar-refractivity contribution in [1.82, 2.24) is 4.90 Å². The Kier molecular flexibility index (Phi) is 4.34. The molecule has 3 unspecified atom stereocenters. The first-order chi connectivity index (χ1) is 9.67. The van der Waals surface area contributed by atoms with E-state index in [0.29, 0.717) is 12.1 Å². The Bertz CT molecular complexity index is 480. The summed E-state index contributed by atoms with van der Waals surface area (Å²) in [5.74, 6) is 1.05. The summed E-state index contributed by atoms with van der Waals surface area (Å²) in [7, 11) is 0. The van der Waals surface area contributed by atoms with Crippen LogP contribution in [0.1, 0.15) is 31.7 Å². The molecule has 1 saturated heterocycles. The second kappa shape index (κ2) is 6.04. The molecule has 0 spiro atoms. The second-order valence-electron chi connectivity index (χ2n) is 6.06. The van der Waals surface area contributed by atoms with Crippen LogP contribution in [0.4, 0.5) is 0 Å². The maximum Gasteiger partial charge on any atom is 0.123 e. The van der Waals surface area contributed by atoms with Gasteiger partial charge in [-0.15, -0.1) is 0 Å². The molecule has 0 aliphatic carbocycles. The Labute approximate surface area is 129 Å². The Morgan fingerprint density at radius 2 is 2.25 bits per heavy atom. The van der Waals surface area contributed by atoms with E-state index in [1.807, 2.05) is 6.07 Å². The molecule has 4 heteroatoms. The third-order valence-corrected chi connectivity index (χ3v) is 5.14. The lowest BCUT2D eigenvalue weighted by Crippen LogP contribution is -2.52. The van der Waals surface area contributed by atoms with E-state index in [1.54, 1.807) is 0 Å². The molecule has 2 heterocycles. The number of piperidine rings is 1. The molecule has 2 aliphatic rings. The number of ether oxygens (including phenoxy) is 1. The van der Waals surface area contributed by atoms with Crippen LogP contribution in [-0.2, 0) is 6.42 Å². The first kappa shape index (κ1) is 14.4. The van der Waals surface area contributed by atoms with Gasteiger partial charge in [0.15, 0.2) is 0 Å². The van der Waals surface area contributed by atoms with Gasteiger partial charge >= 0.3 is 0 Å². The van der Waals surface area contributed by atoms with E-state index in [0.717, 1.165) is 29.7 Å². The lowest BCUT2D eigenvalue weighted by atomic mass is 9.95. The van der Waals surface area contributed by atoms with Crippen molar-refractivity contribution >= 4 is 15.9 Å². The van der Waals surface area contributed by atoms with Crippen molar-refractivity contribution in [2.75, 3.05) is 13.1 Å². The fourth-order valence-electron chi connectivity index (χ4n) is 3.55. The van der Waals surface area contributed by atoms with Crippen molar-refractivity contribution in [2.24, 2.45) is 5.73 Å². The summed E-state index contributed by atoms with van der Waals surface area (Å²) in [4.78, 5) is 2.56. The number of rotatable bonds is 3. The molecule has 1 aromatic rings. The second-order valence-corrected chi connectivity index (χ2v) is 6.98. The number of likely N-dealkylation sites (tertiary alicyclic amines) is 1. The summed E-state index contributed by atoms with van der Waals surface area (Å²) in [6.45, 7) is 4.07. The lowest BCUT2D eigenvalue weighted by Gasteiger charge is -2.41. The molecule has 3 nitrogen and oxygen atoms in total. The largest absolute Gasteiger partial charge is 0.488 e. The van der Waals surface area contributed by atoms with Gasteiger partial charge in [0.1, 0.15) is 11.9 Å². The standard InChI is InChI=1S/C16H23BrN2O/c1-11-3-2-4-14(9-18)19(11)10-15-8-12-7-13(17)5-6-16(12)20-15/h5-7,11,14-15H,2-4,8-10,18H2,1H3. The smallest absolute Gasteiger partial charge is 0.123 e. The summed E-state index contributed by atoms with van der Waals surface area (Å²) in [6, 6.07) is 7.44. The highest BCUT2D eigenvalue weighted by Crippen LogP contribution is 2.32. The first-order valence-corrected chi connectivity index (χ1v) is 8.37. The number of fused-ring (bicyclic) bond motifs is 1. The van der Waals surface area contributed by atoms with E-state index in [1.165, 1.54) is 24.8 Å². The molecule has 1 aromatic carbocycles. The van der Waals surface area contributed by atoms with E-state index in [2.05, 4.69) is 39.9 Å². The Balaban J connectivity index is 1.67. The number of nitrogens with two attached hydrogens (primary N) is 1. The van der Waals surface area contributed by atoms with Gasteiger partial charge in [-0.3, -0.25) is 4.90 Å². The summed E-state index contributed by atoms with van der Waals surface area (Å²) in [5.41, 5.74) is 7.26. The van der Waals surface area contributed by atoms with Gasteiger partial charge in [-0.2, -0.15) is 0 Å². The maximum absolute atomic E-state index is 6.10. The zero-order valence-electron chi connectivity index (χ0n) is 12.0. The van der Waals surface area contributed by atoms with Gasteiger partial charge in [-0.1, -0.05) is 22.4 Å². The molecular weight excluding hydrogens is 316 g/mol. The van der Waals surface area contributed by atoms with E-state index >= 15 is 0 Å². The monoisotopic (exact) mass is 338 g/mol. The van der Waals surface area contributed by atoms with E-state index < -0.39 is 0 Å². The van der Waals surface area contributed by atoms with Gasteiger partial charge in [-0.05, 0) is 43.5 Å². The number of halogens is 1. The predicted octanol–water partition coefficient (Wildman–Crippen LogP) is 2.95. The van der Waals surface area contributed by atoms with Crippen LogP contribution in [0.2, 0.25) is 0 Å². The van der Waals surface area contributed by atoms with E-state index in [9.17, 15) is 0 Å².